The van der Waals surface area contributed by atoms with Crippen LogP contribution in [0.4, 0.5) is 0 Å². The Kier molecular flexibility index (Phi) is 2.72. The maximum atomic E-state index is 5.04. The second-order valence-corrected chi connectivity index (χ2v) is 3.59. The fourth-order valence-electron chi connectivity index (χ4n) is 1.48. The van der Waals surface area contributed by atoms with E-state index in [4.69, 9.17) is 4.42 Å². The average molecular weight is 255 g/mol. The summed E-state index contributed by atoms with van der Waals surface area (Å²) in [5.41, 5.74) is 4.40. The van der Waals surface area contributed by atoms with Gasteiger partial charge in [-0.3, -0.25) is 5.10 Å². The lowest BCUT2D eigenvalue weighted by Gasteiger charge is -1.97. The third kappa shape index (κ3) is 1.50. The van der Waals surface area contributed by atoms with Crippen molar-refractivity contribution >= 4 is 15.9 Å². The van der Waals surface area contributed by atoms with Crippen molar-refractivity contribution in [3.8, 4) is 11.3 Å². The zero-order valence-electron chi connectivity index (χ0n) is 7.88. The van der Waals surface area contributed by atoms with Gasteiger partial charge in [0.25, 0.3) is 0 Å². The Labute approximate surface area is 90.6 Å². The van der Waals surface area contributed by atoms with Crippen LogP contribution in [0, 0.1) is 0 Å². The number of hydrogen-bond acceptors (Lipinski definition) is 2. The van der Waals surface area contributed by atoms with E-state index in [0.717, 1.165) is 23.0 Å². The number of alkyl halides is 1. The zero-order chi connectivity index (χ0) is 9.97. The number of H-pyrrole nitrogens is 1. The largest absolute Gasteiger partial charge is 0.472 e. The summed E-state index contributed by atoms with van der Waals surface area (Å²) < 4.78 is 5.04. The molecule has 0 aromatic carbocycles. The molecule has 1 N–H and O–H groups in total. The number of aryl methyl sites for hydroxylation is 1. The fourth-order valence-corrected chi connectivity index (χ4v) is 2.08. The number of nitrogens with one attached hydrogen (secondary N) is 1. The number of rotatable bonds is 3. The van der Waals surface area contributed by atoms with Crippen LogP contribution in [0.15, 0.2) is 23.0 Å². The smallest absolute Gasteiger partial charge is 0.0997 e. The van der Waals surface area contributed by atoms with Crippen LogP contribution in [0.1, 0.15) is 18.2 Å². The Balaban J connectivity index is 2.48. The highest BCUT2D eigenvalue weighted by Gasteiger charge is 2.12. The lowest BCUT2D eigenvalue weighted by Crippen LogP contribution is -1.86. The van der Waals surface area contributed by atoms with Crippen molar-refractivity contribution < 1.29 is 4.42 Å². The molecule has 0 atom stereocenters. The molecular formula is C10H11BrN2O. The van der Waals surface area contributed by atoms with Crippen molar-refractivity contribution in [1.82, 2.24) is 10.2 Å². The first-order chi connectivity index (χ1) is 6.86. The summed E-state index contributed by atoms with van der Waals surface area (Å²) in [5, 5.41) is 8.14. The molecule has 0 bridgehead atoms. The lowest BCUT2D eigenvalue weighted by molar-refractivity contribution is 0.568. The minimum atomic E-state index is 0.813. The summed E-state index contributed by atoms with van der Waals surface area (Å²) in [6.45, 7) is 2.11. The number of halogens is 1. The summed E-state index contributed by atoms with van der Waals surface area (Å²) in [4.78, 5) is 0. The Bertz CT molecular complexity index is 406. The summed E-state index contributed by atoms with van der Waals surface area (Å²) in [5.74, 6) is 0. The van der Waals surface area contributed by atoms with Gasteiger partial charge in [0.1, 0.15) is 0 Å². The molecule has 2 aromatic rings. The highest BCUT2D eigenvalue weighted by atomic mass is 79.9. The monoisotopic (exact) mass is 254 g/mol. The van der Waals surface area contributed by atoms with Gasteiger partial charge in [-0.1, -0.05) is 22.9 Å². The standard InChI is InChI=1S/C10H11BrN2O/c1-2-9-8(5-11)10(13-12-9)7-3-4-14-6-7/h3-4,6H,2,5H2,1H3,(H,12,13). The van der Waals surface area contributed by atoms with Gasteiger partial charge in [-0.2, -0.15) is 5.10 Å². The average Bonchev–Trinajstić information content (AvgIpc) is 2.85. The van der Waals surface area contributed by atoms with E-state index in [2.05, 4.69) is 33.1 Å². The van der Waals surface area contributed by atoms with Crippen LogP contribution in [0.5, 0.6) is 0 Å². The molecule has 0 aliphatic heterocycles. The van der Waals surface area contributed by atoms with Crippen molar-refractivity contribution in [1.29, 1.82) is 0 Å². The summed E-state index contributed by atoms with van der Waals surface area (Å²) in [6.07, 6.45) is 4.33. The molecule has 0 aliphatic carbocycles. The molecule has 2 rings (SSSR count). The second-order valence-electron chi connectivity index (χ2n) is 3.03. The minimum absolute atomic E-state index is 0.813. The normalized spacial score (nSPS) is 10.7. The molecule has 3 nitrogen and oxygen atoms in total. The Morgan fingerprint density at radius 3 is 3.00 bits per heavy atom. The van der Waals surface area contributed by atoms with E-state index in [0.29, 0.717) is 0 Å². The van der Waals surface area contributed by atoms with E-state index in [1.54, 1.807) is 12.5 Å². The summed E-state index contributed by atoms with van der Waals surface area (Å²) in [7, 11) is 0. The van der Waals surface area contributed by atoms with Gasteiger partial charge in [0.05, 0.1) is 18.2 Å². The lowest BCUT2D eigenvalue weighted by atomic mass is 10.1. The third-order valence-electron chi connectivity index (χ3n) is 2.23. The molecule has 0 fully saturated rings. The van der Waals surface area contributed by atoms with Crippen LogP contribution in [-0.4, -0.2) is 10.2 Å². The minimum Gasteiger partial charge on any atom is -0.472 e. The van der Waals surface area contributed by atoms with Crippen molar-refractivity contribution in [2.75, 3.05) is 0 Å². The molecule has 0 amide bonds. The van der Waals surface area contributed by atoms with Crippen molar-refractivity contribution in [2.24, 2.45) is 0 Å². The molecular weight excluding hydrogens is 244 g/mol. The first-order valence-corrected chi connectivity index (χ1v) is 5.63. The van der Waals surface area contributed by atoms with Gasteiger partial charge in [-0.25, -0.2) is 0 Å². The molecule has 0 saturated heterocycles. The van der Waals surface area contributed by atoms with E-state index in [1.807, 2.05) is 6.07 Å². The van der Waals surface area contributed by atoms with Crippen molar-refractivity contribution in [3.63, 3.8) is 0 Å². The highest BCUT2D eigenvalue weighted by Crippen LogP contribution is 2.26. The number of aromatic nitrogens is 2. The predicted octanol–water partition coefficient (Wildman–Crippen LogP) is 3.13. The van der Waals surface area contributed by atoms with Gasteiger partial charge < -0.3 is 4.42 Å². The molecule has 0 spiro atoms. The van der Waals surface area contributed by atoms with E-state index >= 15 is 0 Å². The second kappa shape index (κ2) is 4.00. The van der Waals surface area contributed by atoms with Gasteiger partial charge >= 0.3 is 0 Å². The van der Waals surface area contributed by atoms with Crippen LogP contribution in [0.2, 0.25) is 0 Å². The SMILES string of the molecule is CCc1[nH]nc(-c2ccoc2)c1CBr. The van der Waals surface area contributed by atoms with Gasteiger partial charge in [-0.15, -0.1) is 0 Å². The molecule has 2 aromatic heterocycles. The molecule has 14 heavy (non-hydrogen) atoms. The van der Waals surface area contributed by atoms with Gasteiger partial charge in [0, 0.05) is 22.2 Å². The molecule has 0 aliphatic rings. The fraction of sp³-hybridized carbons (Fsp3) is 0.300. The quantitative estimate of drug-likeness (QED) is 0.856. The topological polar surface area (TPSA) is 41.8 Å². The number of furan rings is 1. The van der Waals surface area contributed by atoms with E-state index in [1.165, 1.54) is 11.3 Å². The van der Waals surface area contributed by atoms with Gasteiger partial charge in [0.15, 0.2) is 0 Å². The van der Waals surface area contributed by atoms with Crippen LogP contribution in [-0.2, 0) is 11.8 Å². The van der Waals surface area contributed by atoms with Crippen LogP contribution >= 0.6 is 15.9 Å². The van der Waals surface area contributed by atoms with Gasteiger partial charge in [-0.05, 0) is 12.5 Å². The molecule has 74 valence electrons. The molecule has 0 saturated carbocycles. The Morgan fingerprint density at radius 2 is 2.43 bits per heavy atom. The van der Waals surface area contributed by atoms with Crippen LogP contribution in [0.25, 0.3) is 11.3 Å². The highest BCUT2D eigenvalue weighted by molar-refractivity contribution is 9.08. The molecule has 0 unspecified atom stereocenters. The zero-order valence-corrected chi connectivity index (χ0v) is 9.47. The van der Waals surface area contributed by atoms with E-state index in [9.17, 15) is 0 Å². The van der Waals surface area contributed by atoms with Gasteiger partial charge in [0.2, 0.25) is 0 Å². The third-order valence-corrected chi connectivity index (χ3v) is 2.80. The summed E-state index contributed by atoms with van der Waals surface area (Å²) in [6, 6.07) is 1.92. The Morgan fingerprint density at radius 1 is 1.57 bits per heavy atom. The first-order valence-electron chi connectivity index (χ1n) is 4.51. The summed E-state index contributed by atoms with van der Waals surface area (Å²) >= 11 is 3.47. The Hall–Kier alpha value is -1.03. The maximum absolute atomic E-state index is 5.04. The number of hydrogen-bond donors (Lipinski definition) is 1. The number of nitrogens with zero attached hydrogens (tertiary/aromatic N) is 1. The van der Waals surface area contributed by atoms with E-state index < -0.39 is 0 Å². The van der Waals surface area contributed by atoms with Crippen LogP contribution < -0.4 is 0 Å². The predicted molar refractivity (Wildman–Crippen MR) is 58.3 cm³/mol. The number of aromatic amines is 1. The maximum Gasteiger partial charge on any atom is 0.0997 e. The van der Waals surface area contributed by atoms with E-state index in [-0.39, 0.29) is 0 Å². The molecule has 4 heteroatoms. The van der Waals surface area contributed by atoms with Crippen LogP contribution in [0.3, 0.4) is 0 Å². The molecule has 0 radical (unpaired) electrons. The van der Waals surface area contributed by atoms with Crippen molar-refractivity contribution in [2.45, 2.75) is 18.7 Å². The van der Waals surface area contributed by atoms with Crippen molar-refractivity contribution in [3.05, 3.63) is 29.9 Å². The first kappa shape index (κ1) is 9.52. The molecule has 2 heterocycles.